The minimum absolute atomic E-state index is 0.100. The summed E-state index contributed by atoms with van der Waals surface area (Å²) >= 11 is 0. The predicted octanol–water partition coefficient (Wildman–Crippen LogP) is 8.42. The van der Waals surface area contributed by atoms with E-state index in [-0.39, 0.29) is 12.6 Å². The lowest BCUT2D eigenvalue weighted by Gasteiger charge is -2.38. The minimum Gasteiger partial charge on any atom is -0.422 e. The molecule has 2 saturated carbocycles. The van der Waals surface area contributed by atoms with Gasteiger partial charge in [-0.05, 0) is 86.3 Å². The smallest absolute Gasteiger partial charge is 0.422 e. The molecule has 1 aromatic rings. The second-order valence-corrected chi connectivity index (χ2v) is 9.36. The van der Waals surface area contributed by atoms with Crippen molar-refractivity contribution in [3.05, 3.63) is 29.3 Å². The van der Waals surface area contributed by atoms with Gasteiger partial charge < -0.3 is 4.74 Å². The lowest BCUT2D eigenvalue weighted by molar-refractivity contribution is -0.255. The highest BCUT2D eigenvalue weighted by Gasteiger charge is 2.45. The molecule has 0 bridgehead atoms. The van der Waals surface area contributed by atoms with Crippen LogP contribution in [0.1, 0.15) is 82.1 Å². The van der Waals surface area contributed by atoms with Crippen LogP contribution in [0.25, 0.3) is 0 Å². The molecule has 1 aromatic carbocycles. The van der Waals surface area contributed by atoms with Crippen LogP contribution in [0.5, 0.6) is 5.75 Å². The summed E-state index contributed by atoms with van der Waals surface area (Å²) in [6.45, 7) is -0.246. The van der Waals surface area contributed by atoms with E-state index in [1.807, 2.05) is 0 Å². The summed E-state index contributed by atoms with van der Waals surface area (Å²) in [4.78, 5) is 0. The molecule has 8 heteroatoms. The second kappa shape index (κ2) is 11.1. The highest BCUT2D eigenvalue weighted by atomic mass is 19.3. The summed E-state index contributed by atoms with van der Waals surface area (Å²) in [5.74, 6) is -2.46. The van der Waals surface area contributed by atoms with Gasteiger partial charge in [-0.1, -0.05) is 25.7 Å². The summed E-state index contributed by atoms with van der Waals surface area (Å²) < 4.78 is 95.0. The lowest BCUT2D eigenvalue weighted by Crippen LogP contribution is -2.34. The number of rotatable bonds is 9. The molecule has 32 heavy (non-hydrogen) atoms. The van der Waals surface area contributed by atoms with Gasteiger partial charge in [0.2, 0.25) is 0 Å². The number of ether oxygens (including phenoxy) is 1. The average molecular weight is 468 g/mol. The van der Waals surface area contributed by atoms with Gasteiger partial charge in [0.15, 0.2) is 17.4 Å². The fourth-order valence-electron chi connectivity index (χ4n) is 5.49. The van der Waals surface area contributed by atoms with Gasteiger partial charge in [-0.25, -0.2) is 8.78 Å². The lowest BCUT2D eigenvalue weighted by atomic mass is 9.68. The first kappa shape index (κ1) is 25.2. The van der Waals surface area contributed by atoms with E-state index in [2.05, 4.69) is 4.74 Å². The molecule has 1 nitrogen and oxygen atoms in total. The Balaban J connectivity index is 1.52. The van der Waals surface area contributed by atoms with Crippen molar-refractivity contribution >= 4 is 0 Å². The maximum absolute atomic E-state index is 14.2. The Labute approximate surface area is 184 Å². The number of alkyl halides is 5. The highest BCUT2D eigenvalue weighted by molar-refractivity contribution is 5.33. The Bertz CT molecular complexity index is 700. The molecular weight excluding hydrogens is 437 g/mol. The number of unbranched alkanes of at least 4 members (excludes halogenated alkanes) is 1. The van der Waals surface area contributed by atoms with E-state index in [4.69, 9.17) is 0 Å². The molecule has 2 aliphatic carbocycles. The van der Waals surface area contributed by atoms with Crippen molar-refractivity contribution in [2.45, 2.75) is 89.1 Å². The first-order valence-electron chi connectivity index (χ1n) is 11.6. The number of hydrogen-bond acceptors (Lipinski definition) is 1. The van der Waals surface area contributed by atoms with Gasteiger partial charge in [-0.15, -0.1) is 0 Å². The summed E-state index contributed by atoms with van der Waals surface area (Å²) in [6, 6.07) is 1.85. The van der Waals surface area contributed by atoms with Gasteiger partial charge in [0, 0.05) is 0 Å². The van der Waals surface area contributed by atoms with Crippen LogP contribution < -0.4 is 4.74 Å². The molecule has 0 atom stereocenters. The maximum Gasteiger partial charge on any atom is 0.461 e. The van der Waals surface area contributed by atoms with Crippen LogP contribution >= 0.6 is 0 Å². The van der Waals surface area contributed by atoms with E-state index >= 15 is 0 Å². The van der Waals surface area contributed by atoms with Crippen LogP contribution in [0.2, 0.25) is 0 Å². The SMILES string of the molecule is FCCCCC1CCC(C2CCC(c3cc(F)c(OC(F)(F)C(F)F)c(F)c3)CC2)CC1. The van der Waals surface area contributed by atoms with Crippen molar-refractivity contribution in [1.82, 2.24) is 0 Å². The van der Waals surface area contributed by atoms with Crippen LogP contribution in [0.15, 0.2) is 12.1 Å². The minimum atomic E-state index is -4.96. The van der Waals surface area contributed by atoms with Gasteiger partial charge >= 0.3 is 12.5 Å². The molecule has 0 N–H and O–H groups in total. The van der Waals surface area contributed by atoms with Crippen molar-refractivity contribution in [3.63, 3.8) is 0 Å². The van der Waals surface area contributed by atoms with Crippen LogP contribution in [0, 0.1) is 29.4 Å². The molecule has 2 fully saturated rings. The number of halogens is 7. The van der Waals surface area contributed by atoms with Gasteiger partial charge in [0.05, 0.1) is 6.67 Å². The zero-order valence-electron chi connectivity index (χ0n) is 18.1. The first-order chi connectivity index (χ1) is 15.2. The molecule has 0 heterocycles. The molecule has 2 aliphatic rings. The molecule has 0 amide bonds. The van der Waals surface area contributed by atoms with Crippen LogP contribution in [-0.4, -0.2) is 19.2 Å². The zero-order valence-corrected chi connectivity index (χ0v) is 18.1. The fourth-order valence-corrected chi connectivity index (χ4v) is 5.49. The van der Waals surface area contributed by atoms with Crippen molar-refractivity contribution in [2.24, 2.45) is 17.8 Å². The molecule has 0 aliphatic heterocycles. The standard InChI is InChI=1S/C24H31F7O/c25-12-2-1-3-15-4-6-16(7-5-15)17-8-10-18(11-9-17)19-13-20(26)22(21(27)14-19)32-24(30,31)23(28)29/h13-18,23H,1-12H2. The van der Waals surface area contributed by atoms with E-state index in [0.29, 0.717) is 29.7 Å². The van der Waals surface area contributed by atoms with Crippen LogP contribution in [0.4, 0.5) is 30.7 Å². The molecular formula is C24H31F7O. The van der Waals surface area contributed by atoms with Crippen molar-refractivity contribution in [1.29, 1.82) is 0 Å². The van der Waals surface area contributed by atoms with Crippen molar-refractivity contribution in [3.8, 4) is 5.75 Å². The molecule has 0 saturated heterocycles. The fraction of sp³-hybridized carbons (Fsp3) is 0.750. The molecule has 3 rings (SSSR count). The topological polar surface area (TPSA) is 9.23 Å². The molecule has 0 radical (unpaired) electrons. The Morgan fingerprint density at radius 3 is 1.88 bits per heavy atom. The molecule has 182 valence electrons. The summed E-state index contributed by atoms with van der Waals surface area (Å²) in [5, 5.41) is 0. The largest absolute Gasteiger partial charge is 0.461 e. The zero-order chi connectivity index (χ0) is 23.3. The summed E-state index contributed by atoms with van der Waals surface area (Å²) in [7, 11) is 0. The van der Waals surface area contributed by atoms with E-state index in [9.17, 15) is 30.7 Å². The van der Waals surface area contributed by atoms with Crippen molar-refractivity contribution < 1.29 is 35.5 Å². The Kier molecular flexibility index (Phi) is 8.73. The third kappa shape index (κ3) is 6.31. The molecule has 0 spiro atoms. The quantitative estimate of drug-likeness (QED) is 0.261. The summed E-state index contributed by atoms with van der Waals surface area (Å²) in [6.07, 6.45) is 1.60. The van der Waals surface area contributed by atoms with Gasteiger partial charge in [-0.2, -0.15) is 17.6 Å². The normalized spacial score (nSPS) is 27.0. The van der Waals surface area contributed by atoms with Crippen LogP contribution in [0.3, 0.4) is 0 Å². The van der Waals surface area contributed by atoms with E-state index in [0.717, 1.165) is 50.7 Å². The van der Waals surface area contributed by atoms with E-state index in [1.165, 1.54) is 25.7 Å². The van der Waals surface area contributed by atoms with Gasteiger partial charge in [-0.3, -0.25) is 4.39 Å². The predicted molar refractivity (Wildman–Crippen MR) is 108 cm³/mol. The highest BCUT2D eigenvalue weighted by Crippen LogP contribution is 2.45. The average Bonchev–Trinajstić information content (AvgIpc) is 2.77. The molecule has 0 unspecified atom stereocenters. The van der Waals surface area contributed by atoms with E-state index < -0.39 is 29.9 Å². The van der Waals surface area contributed by atoms with Crippen LogP contribution in [-0.2, 0) is 0 Å². The Hall–Kier alpha value is -1.47. The third-order valence-corrected chi connectivity index (χ3v) is 7.31. The monoisotopic (exact) mass is 468 g/mol. The van der Waals surface area contributed by atoms with Crippen molar-refractivity contribution in [2.75, 3.05) is 6.67 Å². The number of benzene rings is 1. The maximum atomic E-state index is 14.2. The van der Waals surface area contributed by atoms with Gasteiger partial charge in [0.1, 0.15) is 0 Å². The second-order valence-electron chi connectivity index (χ2n) is 9.36. The van der Waals surface area contributed by atoms with Gasteiger partial charge in [0.25, 0.3) is 0 Å². The van der Waals surface area contributed by atoms with E-state index in [1.54, 1.807) is 0 Å². The summed E-state index contributed by atoms with van der Waals surface area (Å²) in [5.41, 5.74) is 0.350. The first-order valence-corrected chi connectivity index (χ1v) is 11.6. The number of hydrogen-bond donors (Lipinski definition) is 0. The Morgan fingerprint density at radius 1 is 0.844 bits per heavy atom. The third-order valence-electron chi connectivity index (χ3n) is 7.31. The molecule has 0 aromatic heterocycles. The Morgan fingerprint density at radius 2 is 1.38 bits per heavy atom.